The van der Waals surface area contributed by atoms with Crippen LogP contribution in [0.15, 0.2) is 62.2 Å². The molecule has 120 valence electrons. The van der Waals surface area contributed by atoms with Crippen LogP contribution in [0, 0.1) is 0 Å². The molecule has 0 saturated heterocycles. The van der Waals surface area contributed by atoms with Crippen molar-refractivity contribution in [3.8, 4) is 5.75 Å². The van der Waals surface area contributed by atoms with Gasteiger partial charge in [0.15, 0.2) is 0 Å². The Hall–Kier alpha value is -1.84. The highest BCUT2D eigenvalue weighted by Crippen LogP contribution is 2.32. The molecule has 0 aromatic heterocycles. The number of benzene rings is 1. The molecule has 0 aliphatic rings. The first-order chi connectivity index (χ1) is 10.5. The first-order valence-electron chi connectivity index (χ1n) is 7.53. The highest BCUT2D eigenvalue weighted by molar-refractivity contribution is 5.35. The molecule has 3 nitrogen and oxygen atoms in total. The molecule has 2 unspecified atom stereocenters. The number of nitrogens with zero attached hydrogens (tertiary/aromatic N) is 1. The maximum absolute atomic E-state index is 6.82. The molecule has 22 heavy (non-hydrogen) atoms. The zero-order valence-electron chi connectivity index (χ0n) is 13.8. The zero-order valence-corrected chi connectivity index (χ0v) is 13.8. The number of nitrogens with two attached hydrogens (primary N) is 1. The minimum absolute atomic E-state index is 0.0913. The van der Waals surface area contributed by atoms with Crippen molar-refractivity contribution in [1.29, 1.82) is 0 Å². The lowest BCUT2D eigenvalue weighted by molar-refractivity contribution is 0.159. The van der Waals surface area contributed by atoms with Crippen LogP contribution in [0.5, 0.6) is 5.75 Å². The van der Waals surface area contributed by atoms with Crippen LogP contribution in [0.3, 0.4) is 0 Å². The number of methoxy groups -OCH3 is 1. The molecule has 2 atom stereocenters. The fraction of sp³-hybridized carbons (Fsp3) is 0.368. The largest absolute Gasteiger partial charge is 0.497 e. The molecule has 0 fully saturated rings. The van der Waals surface area contributed by atoms with E-state index >= 15 is 0 Å². The molecular formula is C19H28N2O. The Morgan fingerprint density at radius 3 is 2.36 bits per heavy atom. The molecule has 0 radical (unpaired) electrons. The number of hydrogen-bond acceptors (Lipinski definition) is 3. The second-order valence-corrected chi connectivity index (χ2v) is 5.47. The summed E-state index contributed by atoms with van der Waals surface area (Å²) in [5.41, 5.74) is 7.31. The molecule has 2 N–H and O–H groups in total. The van der Waals surface area contributed by atoms with Crippen molar-refractivity contribution in [3.05, 3.63) is 67.8 Å². The Kier molecular flexibility index (Phi) is 7.09. The maximum Gasteiger partial charge on any atom is 0.119 e. The van der Waals surface area contributed by atoms with Gasteiger partial charge in [-0.1, -0.05) is 30.4 Å². The van der Waals surface area contributed by atoms with Crippen molar-refractivity contribution in [2.75, 3.05) is 20.2 Å². The summed E-state index contributed by atoms with van der Waals surface area (Å²) in [5, 5.41) is 0. The van der Waals surface area contributed by atoms with Crippen LogP contribution in [-0.4, -0.2) is 31.1 Å². The summed E-state index contributed by atoms with van der Waals surface area (Å²) in [7, 11) is 1.66. The third-order valence-electron chi connectivity index (χ3n) is 4.11. The Morgan fingerprint density at radius 1 is 1.23 bits per heavy atom. The first kappa shape index (κ1) is 18.2. The normalized spacial score (nSPS) is 14.9. The standard InChI is InChI=1S/C19H28N2O/c1-6-12-19(20,16(4)21(13-7-2)14-8-3)17-10-9-11-18(15-17)22-5/h6-11,15-16H,1-3,12-14,20H2,4-5H3. The van der Waals surface area contributed by atoms with E-state index in [1.165, 1.54) is 0 Å². The molecule has 1 aromatic rings. The Bertz CT molecular complexity index is 502. The van der Waals surface area contributed by atoms with Gasteiger partial charge in [0.25, 0.3) is 0 Å². The average molecular weight is 300 g/mol. The van der Waals surface area contributed by atoms with Gasteiger partial charge in [-0.2, -0.15) is 0 Å². The summed E-state index contributed by atoms with van der Waals surface area (Å²) < 4.78 is 5.34. The second-order valence-electron chi connectivity index (χ2n) is 5.47. The van der Waals surface area contributed by atoms with Gasteiger partial charge in [-0.25, -0.2) is 0 Å². The third-order valence-corrected chi connectivity index (χ3v) is 4.11. The van der Waals surface area contributed by atoms with Crippen LogP contribution in [-0.2, 0) is 5.54 Å². The van der Waals surface area contributed by atoms with Crippen LogP contribution in [0.1, 0.15) is 18.9 Å². The molecule has 0 bridgehead atoms. The molecule has 0 saturated carbocycles. The van der Waals surface area contributed by atoms with Gasteiger partial charge in [-0.05, 0) is 31.0 Å². The van der Waals surface area contributed by atoms with Crippen molar-refractivity contribution < 1.29 is 4.74 Å². The van der Waals surface area contributed by atoms with Gasteiger partial charge in [-0.15, -0.1) is 19.7 Å². The lowest BCUT2D eigenvalue weighted by atomic mass is 9.80. The molecule has 1 rings (SSSR count). The summed E-state index contributed by atoms with van der Waals surface area (Å²) in [6.45, 7) is 15.2. The van der Waals surface area contributed by atoms with Gasteiger partial charge in [-0.3, -0.25) is 4.90 Å². The van der Waals surface area contributed by atoms with Crippen LogP contribution >= 0.6 is 0 Å². The zero-order chi connectivity index (χ0) is 16.6. The van der Waals surface area contributed by atoms with Gasteiger partial charge < -0.3 is 10.5 Å². The Morgan fingerprint density at radius 2 is 1.86 bits per heavy atom. The number of ether oxygens (including phenoxy) is 1. The fourth-order valence-electron chi connectivity index (χ4n) is 2.73. The number of rotatable bonds is 10. The predicted molar refractivity (Wildman–Crippen MR) is 95.1 cm³/mol. The van der Waals surface area contributed by atoms with E-state index < -0.39 is 5.54 Å². The van der Waals surface area contributed by atoms with Gasteiger partial charge in [0.05, 0.1) is 12.6 Å². The van der Waals surface area contributed by atoms with Crippen molar-refractivity contribution >= 4 is 0 Å². The van der Waals surface area contributed by atoms with E-state index in [9.17, 15) is 0 Å². The third kappa shape index (κ3) is 4.09. The van der Waals surface area contributed by atoms with Crippen molar-refractivity contribution in [3.63, 3.8) is 0 Å². The molecule has 0 aliphatic heterocycles. The lowest BCUT2D eigenvalue weighted by Crippen LogP contribution is -2.54. The summed E-state index contributed by atoms with van der Waals surface area (Å²) in [6.07, 6.45) is 6.32. The van der Waals surface area contributed by atoms with E-state index in [-0.39, 0.29) is 6.04 Å². The van der Waals surface area contributed by atoms with Gasteiger partial charge in [0.2, 0.25) is 0 Å². The summed E-state index contributed by atoms with van der Waals surface area (Å²) in [4.78, 5) is 2.25. The molecular weight excluding hydrogens is 272 g/mol. The van der Waals surface area contributed by atoms with E-state index in [2.05, 4.69) is 31.6 Å². The van der Waals surface area contributed by atoms with Crippen molar-refractivity contribution in [2.24, 2.45) is 5.73 Å². The fourth-order valence-corrected chi connectivity index (χ4v) is 2.73. The predicted octanol–water partition coefficient (Wildman–Crippen LogP) is 3.49. The SMILES string of the molecule is C=CCN(CC=C)C(C)C(N)(CC=C)c1cccc(OC)c1. The minimum atomic E-state index is -0.553. The molecule has 1 aromatic carbocycles. The molecule has 0 heterocycles. The highest BCUT2D eigenvalue weighted by atomic mass is 16.5. The summed E-state index contributed by atoms with van der Waals surface area (Å²) in [6, 6.07) is 8.03. The van der Waals surface area contributed by atoms with Crippen molar-refractivity contribution in [1.82, 2.24) is 4.90 Å². The van der Waals surface area contributed by atoms with E-state index in [1.807, 2.05) is 42.5 Å². The Balaban J connectivity index is 3.23. The summed E-state index contributed by atoms with van der Waals surface area (Å²) in [5.74, 6) is 0.808. The maximum atomic E-state index is 6.82. The Labute approximate surface area is 134 Å². The molecule has 0 aliphatic carbocycles. The average Bonchev–Trinajstić information content (AvgIpc) is 2.54. The lowest BCUT2D eigenvalue weighted by Gasteiger charge is -2.41. The van der Waals surface area contributed by atoms with Crippen molar-refractivity contribution in [2.45, 2.75) is 24.9 Å². The van der Waals surface area contributed by atoms with E-state index in [0.29, 0.717) is 6.42 Å². The quantitative estimate of drug-likeness (QED) is 0.672. The smallest absolute Gasteiger partial charge is 0.119 e. The van der Waals surface area contributed by atoms with Gasteiger partial charge in [0.1, 0.15) is 5.75 Å². The second kappa shape index (κ2) is 8.57. The van der Waals surface area contributed by atoms with Crippen LogP contribution in [0.4, 0.5) is 0 Å². The summed E-state index contributed by atoms with van der Waals surface area (Å²) >= 11 is 0. The first-order valence-corrected chi connectivity index (χ1v) is 7.53. The minimum Gasteiger partial charge on any atom is -0.497 e. The van der Waals surface area contributed by atoms with E-state index in [0.717, 1.165) is 24.4 Å². The molecule has 3 heteroatoms. The topological polar surface area (TPSA) is 38.5 Å². The van der Waals surface area contributed by atoms with Crippen LogP contribution < -0.4 is 10.5 Å². The highest BCUT2D eigenvalue weighted by Gasteiger charge is 2.36. The molecule has 0 spiro atoms. The number of hydrogen-bond donors (Lipinski definition) is 1. The van der Waals surface area contributed by atoms with Gasteiger partial charge >= 0.3 is 0 Å². The van der Waals surface area contributed by atoms with Gasteiger partial charge in [0, 0.05) is 19.1 Å². The monoisotopic (exact) mass is 300 g/mol. The van der Waals surface area contributed by atoms with E-state index in [1.54, 1.807) is 7.11 Å². The van der Waals surface area contributed by atoms with E-state index in [4.69, 9.17) is 10.5 Å². The van der Waals surface area contributed by atoms with Crippen LogP contribution in [0.25, 0.3) is 0 Å². The molecule has 0 amide bonds. The van der Waals surface area contributed by atoms with Crippen LogP contribution in [0.2, 0.25) is 0 Å².